The van der Waals surface area contributed by atoms with Crippen molar-refractivity contribution in [1.29, 1.82) is 0 Å². The van der Waals surface area contributed by atoms with Gasteiger partial charge in [0, 0.05) is 25.6 Å². The molecule has 2 heterocycles. The van der Waals surface area contributed by atoms with Crippen LogP contribution in [0.2, 0.25) is 0 Å². The van der Waals surface area contributed by atoms with E-state index in [1.165, 1.54) is 0 Å². The third-order valence-corrected chi connectivity index (χ3v) is 6.16. The van der Waals surface area contributed by atoms with Crippen LogP contribution in [-0.4, -0.2) is 35.6 Å². The molecular formula is C22H28N4O4. The van der Waals surface area contributed by atoms with Crippen LogP contribution >= 0.6 is 0 Å². The van der Waals surface area contributed by atoms with E-state index in [1.807, 2.05) is 24.3 Å². The van der Waals surface area contributed by atoms with Crippen LogP contribution in [-0.2, 0) is 15.1 Å². The van der Waals surface area contributed by atoms with Gasteiger partial charge in [-0.15, -0.1) is 0 Å². The molecule has 8 heteroatoms. The maximum atomic E-state index is 13.2. The number of aromatic nitrogens is 2. The number of rotatable bonds is 5. The van der Waals surface area contributed by atoms with Crippen LogP contribution in [0.1, 0.15) is 56.7 Å². The Kier molecular flexibility index (Phi) is 5.74. The fourth-order valence-electron chi connectivity index (χ4n) is 4.46. The maximum absolute atomic E-state index is 13.2. The molecule has 1 aliphatic carbocycles. The highest BCUT2D eigenvalue weighted by atomic mass is 16.5. The van der Waals surface area contributed by atoms with E-state index in [9.17, 15) is 9.59 Å². The summed E-state index contributed by atoms with van der Waals surface area (Å²) in [5.41, 5.74) is 0.149. The van der Waals surface area contributed by atoms with Crippen molar-refractivity contribution >= 4 is 17.5 Å². The average molecular weight is 412 g/mol. The number of nitrogens with one attached hydrogen (secondary N) is 1. The molecule has 1 saturated heterocycles. The minimum atomic E-state index is -0.623. The first-order valence-electron chi connectivity index (χ1n) is 10.6. The molecule has 1 aliphatic heterocycles. The Bertz CT molecular complexity index is 900. The number of hydrogen-bond acceptors (Lipinski definition) is 6. The van der Waals surface area contributed by atoms with Gasteiger partial charge >= 0.3 is 0 Å². The number of nitrogens with zero attached hydrogens (tertiary/aromatic N) is 3. The minimum Gasteiger partial charge on any atom is -0.497 e. The average Bonchev–Trinajstić information content (AvgIpc) is 3.28. The number of methoxy groups -OCH3 is 1. The van der Waals surface area contributed by atoms with Gasteiger partial charge in [0.05, 0.1) is 13.0 Å². The number of amides is 2. The van der Waals surface area contributed by atoms with Crippen LogP contribution in [0.5, 0.6) is 5.75 Å². The maximum Gasteiger partial charge on any atom is 0.227 e. The Hall–Kier alpha value is -2.90. The number of hydrogen-bond donors (Lipinski definition) is 1. The standard InChI is InChI=1S/C22H28N4O4/c1-15-23-21(25-30-15)22(11-5-3-4-6-12-22)24-20(28)16-13-19(27)26(14-16)17-7-9-18(29-2)10-8-17/h7-10,16H,3-6,11-14H2,1-2H3,(H,24,28). The summed E-state index contributed by atoms with van der Waals surface area (Å²) in [7, 11) is 1.60. The Morgan fingerprint density at radius 2 is 1.90 bits per heavy atom. The van der Waals surface area contributed by atoms with Gasteiger partial charge in [-0.25, -0.2) is 0 Å². The molecule has 0 bridgehead atoms. The van der Waals surface area contributed by atoms with E-state index in [1.54, 1.807) is 18.9 Å². The molecule has 2 amide bonds. The van der Waals surface area contributed by atoms with E-state index in [0.717, 1.165) is 50.0 Å². The van der Waals surface area contributed by atoms with Gasteiger partial charge in [0.1, 0.15) is 11.3 Å². The zero-order valence-electron chi connectivity index (χ0n) is 17.5. The predicted molar refractivity (Wildman–Crippen MR) is 110 cm³/mol. The lowest BCUT2D eigenvalue weighted by molar-refractivity contribution is -0.128. The number of benzene rings is 1. The summed E-state index contributed by atoms with van der Waals surface area (Å²) in [6.07, 6.45) is 5.99. The molecule has 2 fully saturated rings. The summed E-state index contributed by atoms with van der Waals surface area (Å²) in [4.78, 5) is 32.0. The van der Waals surface area contributed by atoms with Crippen LogP contribution in [0.25, 0.3) is 0 Å². The molecule has 1 atom stereocenters. The van der Waals surface area contributed by atoms with Crippen molar-refractivity contribution in [3.8, 4) is 5.75 Å². The molecule has 8 nitrogen and oxygen atoms in total. The summed E-state index contributed by atoms with van der Waals surface area (Å²) >= 11 is 0. The third kappa shape index (κ3) is 4.04. The van der Waals surface area contributed by atoms with Crippen molar-refractivity contribution in [3.05, 3.63) is 36.0 Å². The van der Waals surface area contributed by atoms with Crippen molar-refractivity contribution < 1.29 is 18.8 Å². The van der Waals surface area contributed by atoms with Crippen LogP contribution in [0, 0.1) is 12.8 Å². The first-order chi connectivity index (χ1) is 14.5. The van der Waals surface area contributed by atoms with Crippen molar-refractivity contribution in [2.24, 2.45) is 5.92 Å². The van der Waals surface area contributed by atoms with E-state index in [0.29, 0.717) is 18.3 Å². The van der Waals surface area contributed by atoms with E-state index in [2.05, 4.69) is 15.5 Å². The third-order valence-electron chi connectivity index (χ3n) is 6.16. The quantitative estimate of drug-likeness (QED) is 0.758. The van der Waals surface area contributed by atoms with Gasteiger partial charge in [0.25, 0.3) is 0 Å². The van der Waals surface area contributed by atoms with Crippen LogP contribution in [0.4, 0.5) is 5.69 Å². The molecule has 1 aromatic carbocycles. The Morgan fingerprint density at radius 3 is 2.50 bits per heavy atom. The van der Waals surface area contributed by atoms with Gasteiger partial charge in [-0.05, 0) is 37.1 Å². The van der Waals surface area contributed by atoms with Gasteiger partial charge in [-0.3, -0.25) is 9.59 Å². The van der Waals surface area contributed by atoms with E-state index in [-0.39, 0.29) is 18.2 Å². The highest BCUT2D eigenvalue weighted by Crippen LogP contribution is 2.36. The van der Waals surface area contributed by atoms with Crippen molar-refractivity contribution in [3.63, 3.8) is 0 Å². The topological polar surface area (TPSA) is 97.6 Å². The van der Waals surface area contributed by atoms with Crippen molar-refractivity contribution in [2.45, 2.75) is 57.4 Å². The van der Waals surface area contributed by atoms with Gasteiger partial charge in [0.15, 0.2) is 5.82 Å². The zero-order chi connectivity index (χ0) is 21.1. The number of carbonyl (C=O) groups is 2. The normalized spacial score (nSPS) is 21.3. The molecule has 2 aromatic rings. The molecule has 2 aliphatic rings. The lowest BCUT2D eigenvalue weighted by Crippen LogP contribution is -2.49. The summed E-state index contributed by atoms with van der Waals surface area (Å²) in [6.45, 7) is 2.11. The molecule has 160 valence electrons. The second-order valence-electron chi connectivity index (χ2n) is 8.23. The first-order valence-corrected chi connectivity index (χ1v) is 10.6. The van der Waals surface area contributed by atoms with Crippen molar-refractivity contribution in [2.75, 3.05) is 18.6 Å². The monoisotopic (exact) mass is 412 g/mol. The SMILES string of the molecule is COc1ccc(N2CC(C(=O)NC3(c4noc(C)n4)CCCCCC3)CC2=O)cc1. The lowest BCUT2D eigenvalue weighted by atomic mass is 9.88. The highest BCUT2D eigenvalue weighted by Gasteiger charge is 2.42. The molecule has 1 unspecified atom stereocenters. The molecule has 0 spiro atoms. The Balaban J connectivity index is 1.50. The van der Waals surface area contributed by atoms with Crippen LogP contribution < -0.4 is 15.0 Å². The summed E-state index contributed by atoms with van der Waals surface area (Å²) in [6, 6.07) is 7.31. The zero-order valence-corrected chi connectivity index (χ0v) is 17.5. The molecule has 30 heavy (non-hydrogen) atoms. The fraction of sp³-hybridized carbons (Fsp3) is 0.545. The smallest absolute Gasteiger partial charge is 0.227 e. The van der Waals surface area contributed by atoms with E-state index in [4.69, 9.17) is 9.26 Å². The molecule has 0 radical (unpaired) electrons. The van der Waals surface area contributed by atoms with Gasteiger partial charge in [-0.2, -0.15) is 4.98 Å². The van der Waals surface area contributed by atoms with E-state index >= 15 is 0 Å². The fourth-order valence-corrected chi connectivity index (χ4v) is 4.46. The predicted octanol–water partition coefficient (Wildman–Crippen LogP) is 3.11. The molecular weight excluding hydrogens is 384 g/mol. The minimum absolute atomic E-state index is 0.0503. The molecule has 1 N–H and O–H groups in total. The largest absolute Gasteiger partial charge is 0.497 e. The van der Waals surface area contributed by atoms with Gasteiger partial charge < -0.3 is 19.5 Å². The first kappa shape index (κ1) is 20.4. The van der Waals surface area contributed by atoms with Gasteiger partial charge in [0.2, 0.25) is 17.7 Å². The van der Waals surface area contributed by atoms with Crippen molar-refractivity contribution in [1.82, 2.24) is 15.5 Å². The molecule has 4 rings (SSSR count). The Labute approximate surface area is 176 Å². The number of aryl methyl sites for hydroxylation is 1. The lowest BCUT2D eigenvalue weighted by Gasteiger charge is -2.31. The number of anilines is 1. The Morgan fingerprint density at radius 1 is 1.20 bits per heavy atom. The summed E-state index contributed by atoms with van der Waals surface area (Å²) in [5.74, 6) is 1.18. The second-order valence-corrected chi connectivity index (χ2v) is 8.23. The summed E-state index contributed by atoms with van der Waals surface area (Å²) < 4.78 is 10.4. The summed E-state index contributed by atoms with van der Waals surface area (Å²) in [5, 5.41) is 7.37. The second kappa shape index (κ2) is 8.45. The highest BCUT2D eigenvalue weighted by molar-refractivity contribution is 6.00. The van der Waals surface area contributed by atoms with Crippen LogP contribution in [0.15, 0.2) is 28.8 Å². The molecule has 1 saturated carbocycles. The van der Waals surface area contributed by atoms with Crippen LogP contribution in [0.3, 0.4) is 0 Å². The van der Waals surface area contributed by atoms with Gasteiger partial charge in [-0.1, -0.05) is 30.8 Å². The molecule has 1 aromatic heterocycles. The number of carbonyl (C=O) groups excluding carboxylic acids is 2. The number of ether oxygens (including phenoxy) is 1. The van der Waals surface area contributed by atoms with E-state index < -0.39 is 11.5 Å².